The van der Waals surface area contributed by atoms with Crippen molar-refractivity contribution in [2.75, 3.05) is 18.0 Å². The minimum atomic E-state index is -0.773. The third-order valence-electron chi connectivity index (χ3n) is 3.75. The van der Waals surface area contributed by atoms with Gasteiger partial charge in [-0.05, 0) is 37.3 Å². The smallest absolute Gasteiger partial charge is 0.303 e. The van der Waals surface area contributed by atoms with Crippen molar-refractivity contribution in [2.24, 2.45) is 5.92 Å². The van der Waals surface area contributed by atoms with E-state index in [-0.39, 0.29) is 22.9 Å². The van der Waals surface area contributed by atoms with Crippen LogP contribution in [0.5, 0.6) is 0 Å². The summed E-state index contributed by atoms with van der Waals surface area (Å²) in [6.45, 7) is 3.17. The van der Waals surface area contributed by atoms with Gasteiger partial charge in [-0.25, -0.2) is 0 Å². The number of nitro groups is 1. The molecule has 0 saturated carbocycles. The van der Waals surface area contributed by atoms with E-state index in [0.29, 0.717) is 18.8 Å². The molecular weight excluding hydrogens is 260 g/mol. The molecule has 0 bridgehead atoms. The molecule has 0 aromatic heterocycles. The van der Waals surface area contributed by atoms with Gasteiger partial charge < -0.3 is 10.0 Å². The summed E-state index contributed by atoms with van der Waals surface area (Å²) in [6, 6.07) is 5.23. The SMILES string of the molecule is Cc1ccc(N2CCC(CC(=O)O)CC2)c([N+](=O)[O-])c1. The Hall–Kier alpha value is -2.11. The molecule has 0 spiro atoms. The molecule has 1 aliphatic heterocycles. The minimum absolute atomic E-state index is 0.127. The molecule has 2 rings (SSSR count). The third kappa shape index (κ3) is 3.26. The Labute approximate surface area is 117 Å². The molecule has 1 saturated heterocycles. The summed E-state index contributed by atoms with van der Waals surface area (Å²) < 4.78 is 0. The molecular formula is C14H18N2O4. The van der Waals surface area contributed by atoms with Crippen LogP contribution in [0.1, 0.15) is 24.8 Å². The molecule has 1 N–H and O–H groups in total. The summed E-state index contributed by atoms with van der Waals surface area (Å²) in [7, 11) is 0. The summed E-state index contributed by atoms with van der Waals surface area (Å²) in [6.07, 6.45) is 1.71. The lowest BCUT2D eigenvalue weighted by Crippen LogP contribution is -2.34. The fraction of sp³-hybridized carbons (Fsp3) is 0.500. The van der Waals surface area contributed by atoms with Gasteiger partial charge in [-0.2, -0.15) is 0 Å². The highest BCUT2D eigenvalue weighted by molar-refractivity contribution is 5.67. The van der Waals surface area contributed by atoms with Gasteiger partial charge in [0, 0.05) is 25.6 Å². The number of hydrogen-bond donors (Lipinski definition) is 1. The van der Waals surface area contributed by atoms with Gasteiger partial charge in [0.25, 0.3) is 5.69 Å². The fourth-order valence-corrected chi connectivity index (χ4v) is 2.67. The van der Waals surface area contributed by atoms with E-state index in [1.807, 2.05) is 17.9 Å². The van der Waals surface area contributed by atoms with E-state index in [4.69, 9.17) is 5.11 Å². The van der Waals surface area contributed by atoms with E-state index in [9.17, 15) is 14.9 Å². The van der Waals surface area contributed by atoms with Crippen molar-refractivity contribution >= 4 is 17.3 Å². The van der Waals surface area contributed by atoms with Gasteiger partial charge in [-0.3, -0.25) is 14.9 Å². The van der Waals surface area contributed by atoms with E-state index in [2.05, 4.69) is 0 Å². The topological polar surface area (TPSA) is 83.7 Å². The van der Waals surface area contributed by atoms with Gasteiger partial charge in [0.15, 0.2) is 0 Å². The van der Waals surface area contributed by atoms with Crippen molar-refractivity contribution in [2.45, 2.75) is 26.2 Å². The van der Waals surface area contributed by atoms with E-state index in [1.165, 1.54) is 0 Å². The Morgan fingerprint density at radius 2 is 2.10 bits per heavy atom. The maximum absolute atomic E-state index is 11.1. The average Bonchev–Trinajstić information content (AvgIpc) is 2.39. The summed E-state index contributed by atoms with van der Waals surface area (Å²) in [5, 5.41) is 19.9. The molecule has 108 valence electrons. The monoisotopic (exact) mass is 278 g/mol. The molecule has 0 amide bonds. The first-order valence-corrected chi connectivity index (χ1v) is 6.69. The number of carboxylic acid groups (broad SMARTS) is 1. The second kappa shape index (κ2) is 5.90. The zero-order valence-corrected chi connectivity index (χ0v) is 11.4. The van der Waals surface area contributed by atoms with Gasteiger partial charge in [-0.1, -0.05) is 6.07 Å². The first-order valence-electron chi connectivity index (χ1n) is 6.69. The Morgan fingerprint density at radius 3 is 2.65 bits per heavy atom. The predicted octanol–water partition coefficient (Wildman–Crippen LogP) is 2.59. The van der Waals surface area contributed by atoms with Gasteiger partial charge in [0.2, 0.25) is 0 Å². The second-order valence-corrected chi connectivity index (χ2v) is 5.28. The highest BCUT2D eigenvalue weighted by Crippen LogP contribution is 2.32. The standard InChI is InChI=1S/C14H18N2O4/c1-10-2-3-12(13(8-10)16(19)20)15-6-4-11(5-7-15)9-14(17)18/h2-3,8,11H,4-7,9H2,1H3,(H,17,18). The molecule has 1 heterocycles. The van der Waals surface area contributed by atoms with Gasteiger partial charge in [0.05, 0.1) is 4.92 Å². The number of piperidine rings is 1. The van der Waals surface area contributed by atoms with E-state index in [1.54, 1.807) is 12.1 Å². The highest BCUT2D eigenvalue weighted by Gasteiger charge is 2.25. The van der Waals surface area contributed by atoms with Crippen LogP contribution in [0.15, 0.2) is 18.2 Å². The number of aryl methyl sites for hydroxylation is 1. The summed E-state index contributed by atoms with van der Waals surface area (Å²) in [4.78, 5) is 23.5. The van der Waals surface area contributed by atoms with Crippen molar-refractivity contribution in [1.82, 2.24) is 0 Å². The molecule has 1 aliphatic rings. The molecule has 1 fully saturated rings. The number of hydrogen-bond acceptors (Lipinski definition) is 4. The van der Waals surface area contributed by atoms with Crippen molar-refractivity contribution in [3.8, 4) is 0 Å². The Morgan fingerprint density at radius 1 is 1.45 bits per heavy atom. The minimum Gasteiger partial charge on any atom is -0.481 e. The first kappa shape index (κ1) is 14.3. The van der Waals surface area contributed by atoms with Gasteiger partial charge in [-0.15, -0.1) is 0 Å². The lowest BCUT2D eigenvalue weighted by molar-refractivity contribution is -0.384. The zero-order chi connectivity index (χ0) is 14.7. The first-order chi connectivity index (χ1) is 9.47. The largest absolute Gasteiger partial charge is 0.481 e. The summed E-state index contributed by atoms with van der Waals surface area (Å²) in [5.74, 6) is -0.599. The van der Waals surface area contributed by atoms with Crippen LogP contribution in [0.4, 0.5) is 11.4 Å². The van der Waals surface area contributed by atoms with E-state index < -0.39 is 5.97 Å². The quantitative estimate of drug-likeness (QED) is 0.676. The molecule has 6 heteroatoms. The molecule has 0 atom stereocenters. The maximum Gasteiger partial charge on any atom is 0.303 e. The molecule has 1 aromatic rings. The van der Waals surface area contributed by atoms with Crippen molar-refractivity contribution < 1.29 is 14.8 Å². The predicted molar refractivity (Wildman–Crippen MR) is 75.0 cm³/mol. The molecule has 0 aliphatic carbocycles. The Balaban J connectivity index is 2.11. The lowest BCUT2D eigenvalue weighted by atomic mass is 9.93. The zero-order valence-electron chi connectivity index (χ0n) is 11.4. The fourth-order valence-electron chi connectivity index (χ4n) is 2.67. The van der Waals surface area contributed by atoms with Crippen LogP contribution in [0, 0.1) is 23.0 Å². The van der Waals surface area contributed by atoms with Crippen LogP contribution >= 0.6 is 0 Å². The van der Waals surface area contributed by atoms with Gasteiger partial charge >= 0.3 is 5.97 Å². The Bertz CT molecular complexity index is 522. The number of carbonyl (C=O) groups is 1. The number of nitrogens with zero attached hydrogens (tertiary/aromatic N) is 2. The number of carboxylic acids is 1. The molecule has 0 radical (unpaired) electrons. The van der Waals surface area contributed by atoms with E-state index >= 15 is 0 Å². The number of nitro benzene ring substituents is 1. The van der Waals surface area contributed by atoms with E-state index in [0.717, 1.165) is 18.4 Å². The lowest BCUT2D eigenvalue weighted by Gasteiger charge is -2.32. The van der Waals surface area contributed by atoms with Crippen molar-refractivity contribution in [3.05, 3.63) is 33.9 Å². The van der Waals surface area contributed by atoms with Crippen LogP contribution in [0.25, 0.3) is 0 Å². The molecule has 1 aromatic carbocycles. The molecule has 0 unspecified atom stereocenters. The van der Waals surface area contributed by atoms with Crippen molar-refractivity contribution in [3.63, 3.8) is 0 Å². The molecule has 20 heavy (non-hydrogen) atoms. The summed E-state index contributed by atoms with van der Waals surface area (Å²) >= 11 is 0. The number of aliphatic carboxylic acids is 1. The van der Waals surface area contributed by atoms with Crippen molar-refractivity contribution in [1.29, 1.82) is 0 Å². The number of rotatable bonds is 4. The normalized spacial score (nSPS) is 16.1. The molecule has 6 nitrogen and oxygen atoms in total. The van der Waals surface area contributed by atoms with Crippen LogP contribution in [0.3, 0.4) is 0 Å². The van der Waals surface area contributed by atoms with Gasteiger partial charge in [0.1, 0.15) is 5.69 Å². The number of anilines is 1. The van der Waals surface area contributed by atoms with Crippen LogP contribution < -0.4 is 4.90 Å². The second-order valence-electron chi connectivity index (χ2n) is 5.28. The third-order valence-corrected chi connectivity index (χ3v) is 3.75. The van der Waals surface area contributed by atoms with Crippen LogP contribution in [-0.2, 0) is 4.79 Å². The summed E-state index contributed by atoms with van der Waals surface area (Å²) in [5.41, 5.74) is 1.62. The maximum atomic E-state index is 11.1. The Kier molecular flexibility index (Phi) is 4.22. The van der Waals surface area contributed by atoms with Crippen LogP contribution in [0.2, 0.25) is 0 Å². The average molecular weight is 278 g/mol. The number of benzene rings is 1. The highest BCUT2D eigenvalue weighted by atomic mass is 16.6. The van der Waals surface area contributed by atoms with Crippen LogP contribution in [-0.4, -0.2) is 29.1 Å².